The summed E-state index contributed by atoms with van der Waals surface area (Å²) in [6.07, 6.45) is 0.755. The maximum atomic E-state index is 14.0. The van der Waals surface area contributed by atoms with Crippen LogP contribution in [0, 0.1) is 12.7 Å². The lowest BCUT2D eigenvalue weighted by molar-refractivity contribution is 0.410. The molecule has 0 bridgehead atoms. The number of hydrogen-bond acceptors (Lipinski definition) is 1. The number of aryl methyl sites for hydroxylation is 1. The van der Waals surface area contributed by atoms with Crippen molar-refractivity contribution in [3.05, 3.63) is 65.0 Å². The molecule has 0 heterocycles. The molecule has 0 saturated carbocycles. The van der Waals surface area contributed by atoms with E-state index in [1.807, 2.05) is 6.07 Å². The van der Waals surface area contributed by atoms with E-state index in [-0.39, 0.29) is 10.6 Å². The zero-order valence-corrected chi connectivity index (χ0v) is 12.6. The minimum Gasteiger partial charge on any atom is -0.497 e. The summed E-state index contributed by atoms with van der Waals surface area (Å²) in [5.41, 5.74) is 3.06. The molecule has 1 atom stereocenters. The molecule has 0 fully saturated rings. The van der Waals surface area contributed by atoms with Gasteiger partial charge in [0.1, 0.15) is 11.6 Å². The third-order valence-corrected chi connectivity index (χ3v) is 3.86. The van der Waals surface area contributed by atoms with Crippen LogP contribution in [0.25, 0.3) is 0 Å². The highest BCUT2D eigenvalue weighted by Crippen LogP contribution is 2.31. The first kappa shape index (κ1) is 14.1. The molecule has 0 amide bonds. The minimum absolute atomic E-state index is 0.0415. The van der Waals surface area contributed by atoms with Crippen molar-refractivity contribution in [2.45, 2.75) is 18.2 Å². The number of methoxy groups -OCH3 is 1. The number of alkyl halides is 1. The minimum atomic E-state index is -0.242. The van der Waals surface area contributed by atoms with Crippen LogP contribution in [0.1, 0.15) is 21.5 Å². The summed E-state index contributed by atoms with van der Waals surface area (Å²) in [5.74, 6) is 0.297. The molecule has 0 aromatic heterocycles. The first-order chi connectivity index (χ1) is 9.10. The lowest BCUT2D eigenvalue weighted by Gasteiger charge is -2.12. The second kappa shape index (κ2) is 6.20. The van der Waals surface area contributed by atoms with Gasteiger partial charge in [-0.3, -0.25) is 0 Å². The highest BCUT2D eigenvalue weighted by Gasteiger charge is 2.14. The van der Waals surface area contributed by atoms with Gasteiger partial charge in [0.2, 0.25) is 0 Å². The van der Waals surface area contributed by atoms with Crippen LogP contribution in [0.3, 0.4) is 0 Å². The molecule has 1 nitrogen and oxygen atoms in total. The van der Waals surface area contributed by atoms with Gasteiger partial charge in [0.15, 0.2) is 0 Å². The molecule has 1 unspecified atom stereocenters. The maximum Gasteiger partial charge on any atom is 0.131 e. The van der Waals surface area contributed by atoms with Crippen molar-refractivity contribution in [2.75, 3.05) is 7.11 Å². The van der Waals surface area contributed by atoms with Crippen molar-refractivity contribution in [1.82, 2.24) is 0 Å². The summed E-state index contributed by atoms with van der Waals surface area (Å²) in [6, 6.07) is 13.2. The Morgan fingerprint density at radius 2 is 2.00 bits per heavy atom. The van der Waals surface area contributed by atoms with Crippen molar-refractivity contribution in [2.24, 2.45) is 0 Å². The van der Waals surface area contributed by atoms with E-state index in [0.29, 0.717) is 11.3 Å². The monoisotopic (exact) mass is 322 g/mol. The molecule has 2 rings (SSSR count). The lowest BCUT2D eigenvalue weighted by Crippen LogP contribution is -1.99. The van der Waals surface area contributed by atoms with Crippen molar-refractivity contribution in [3.8, 4) is 5.75 Å². The van der Waals surface area contributed by atoms with E-state index in [0.717, 1.165) is 6.42 Å². The summed E-state index contributed by atoms with van der Waals surface area (Å²) in [5, 5.41) is 0. The normalized spacial score (nSPS) is 12.2. The highest BCUT2D eigenvalue weighted by molar-refractivity contribution is 9.09. The number of rotatable bonds is 4. The molecule has 2 aromatic rings. The van der Waals surface area contributed by atoms with Crippen LogP contribution in [-0.4, -0.2) is 7.11 Å². The average Bonchev–Trinajstić information content (AvgIpc) is 2.38. The van der Waals surface area contributed by atoms with Crippen LogP contribution < -0.4 is 4.74 Å². The van der Waals surface area contributed by atoms with Gasteiger partial charge in [-0.25, -0.2) is 4.39 Å². The Morgan fingerprint density at radius 3 is 2.63 bits per heavy atom. The van der Waals surface area contributed by atoms with E-state index in [1.54, 1.807) is 12.1 Å². The Bertz CT molecular complexity index is 568. The van der Waals surface area contributed by atoms with Crippen LogP contribution in [0.15, 0.2) is 42.5 Å². The molecule has 0 saturated heterocycles. The zero-order chi connectivity index (χ0) is 13.8. The smallest absolute Gasteiger partial charge is 0.131 e. The SMILES string of the molecule is COc1ccc(C(Br)Cc2cccc(C)c2)c(F)c1. The fourth-order valence-electron chi connectivity index (χ4n) is 2.04. The summed E-state index contributed by atoms with van der Waals surface area (Å²) in [7, 11) is 1.53. The topological polar surface area (TPSA) is 9.23 Å². The standard InChI is InChI=1S/C16H16BrFO/c1-11-4-3-5-12(8-11)9-15(17)14-7-6-13(19-2)10-16(14)18/h3-8,10,15H,9H2,1-2H3. The third-order valence-electron chi connectivity index (χ3n) is 3.04. The molecule has 0 aliphatic rings. The van der Waals surface area contributed by atoms with Crippen molar-refractivity contribution >= 4 is 15.9 Å². The Labute approximate surface area is 121 Å². The Kier molecular flexibility index (Phi) is 4.59. The van der Waals surface area contributed by atoms with Gasteiger partial charge in [-0.15, -0.1) is 0 Å². The van der Waals surface area contributed by atoms with Gasteiger partial charge in [0, 0.05) is 16.5 Å². The molecule has 0 N–H and O–H groups in total. The Morgan fingerprint density at radius 1 is 1.21 bits per heavy atom. The third kappa shape index (κ3) is 3.57. The molecule has 100 valence electrons. The van der Waals surface area contributed by atoms with Gasteiger partial charge in [-0.1, -0.05) is 51.8 Å². The van der Waals surface area contributed by atoms with Gasteiger partial charge in [0.05, 0.1) is 7.11 Å². The lowest BCUT2D eigenvalue weighted by atomic mass is 10.0. The van der Waals surface area contributed by atoms with Gasteiger partial charge >= 0.3 is 0 Å². The van der Waals surface area contributed by atoms with E-state index in [9.17, 15) is 4.39 Å². The van der Waals surface area contributed by atoms with E-state index in [2.05, 4.69) is 41.1 Å². The molecule has 0 radical (unpaired) electrons. The van der Waals surface area contributed by atoms with Crippen LogP contribution >= 0.6 is 15.9 Å². The van der Waals surface area contributed by atoms with Crippen molar-refractivity contribution in [3.63, 3.8) is 0 Å². The average molecular weight is 323 g/mol. The van der Waals surface area contributed by atoms with Gasteiger partial charge < -0.3 is 4.74 Å². The van der Waals surface area contributed by atoms with E-state index >= 15 is 0 Å². The first-order valence-electron chi connectivity index (χ1n) is 6.13. The van der Waals surface area contributed by atoms with Crippen LogP contribution in [-0.2, 0) is 6.42 Å². The predicted molar refractivity (Wildman–Crippen MR) is 79.5 cm³/mol. The van der Waals surface area contributed by atoms with E-state index in [1.165, 1.54) is 24.3 Å². The second-order valence-corrected chi connectivity index (χ2v) is 5.65. The quantitative estimate of drug-likeness (QED) is 0.733. The summed E-state index contributed by atoms with van der Waals surface area (Å²) >= 11 is 3.56. The Balaban J connectivity index is 2.18. The predicted octanol–water partition coefficient (Wildman–Crippen LogP) is 4.82. The van der Waals surface area contributed by atoms with Gasteiger partial charge in [-0.2, -0.15) is 0 Å². The summed E-state index contributed by atoms with van der Waals surface area (Å²) in [6.45, 7) is 2.06. The number of ether oxygens (including phenoxy) is 1. The molecule has 0 aliphatic heterocycles. The maximum absolute atomic E-state index is 14.0. The van der Waals surface area contributed by atoms with Crippen LogP contribution in [0.2, 0.25) is 0 Å². The van der Waals surface area contributed by atoms with E-state index < -0.39 is 0 Å². The van der Waals surface area contributed by atoms with Crippen molar-refractivity contribution < 1.29 is 9.13 Å². The molecule has 2 aromatic carbocycles. The summed E-state index contributed by atoms with van der Waals surface area (Å²) in [4.78, 5) is -0.0415. The fraction of sp³-hybridized carbons (Fsp3) is 0.250. The highest BCUT2D eigenvalue weighted by atomic mass is 79.9. The number of benzene rings is 2. The summed E-state index contributed by atoms with van der Waals surface area (Å²) < 4.78 is 19.0. The van der Waals surface area contributed by atoms with E-state index in [4.69, 9.17) is 4.74 Å². The molecule has 19 heavy (non-hydrogen) atoms. The van der Waals surface area contributed by atoms with Gasteiger partial charge in [-0.05, 0) is 25.0 Å². The van der Waals surface area contributed by atoms with Gasteiger partial charge in [0.25, 0.3) is 0 Å². The zero-order valence-electron chi connectivity index (χ0n) is 11.0. The first-order valence-corrected chi connectivity index (χ1v) is 7.05. The fourth-order valence-corrected chi connectivity index (χ4v) is 2.79. The number of halogens is 2. The van der Waals surface area contributed by atoms with Crippen LogP contribution in [0.4, 0.5) is 4.39 Å². The molecular formula is C16H16BrFO. The molecule has 0 aliphatic carbocycles. The molecular weight excluding hydrogens is 307 g/mol. The molecule has 0 spiro atoms. The largest absolute Gasteiger partial charge is 0.497 e. The molecule has 3 heteroatoms. The Hall–Kier alpha value is -1.35. The van der Waals surface area contributed by atoms with Crippen LogP contribution in [0.5, 0.6) is 5.75 Å². The number of hydrogen-bond donors (Lipinski definition) is 0. The van der Waals surface area contributed by atoms with Crippen molar-refractivity contribution in [1.29, 1.82) is 0 Å². The second-order valence-electron chi connectivity index (χ2n) is 4.55.